The standard InChI is InChI=1S/C14H17N3O2/c1-3-16-12-9-15-7-6-11(12)14(18)17-10(2)13-5-4-8-19-13/h4-10,16H,3H2,1-2H3,(H,17,18). The van der Waals surface area contributed by atoms with Gasteiger partial charge in [-0.15, -0.1) is 0 Å². The van der Waals surface area contributed by atoms with Gasteiger partial charge in [-0.05, 0) is 32.0 Å². The number of hydrogen-bond acceptors (Lipinski definition) is 4. The smallest absolute Gasteiger partial charge is 0.254 e. The molecule has 2 aromatic heterocycles. The topological polar surface area (TPSA) is 67.2 Å². The summed E-state index contributed by atoms with van der Waals surface area (Å²) in [5, 5.41) is 6.02. The Labute approximate surface area is 112 Å². The summed E-state index contributed by atoms with van der Waals surface area (Å²) in [4.78, 5) is 16.2. The summed E-state index contributed by atoms with van der Waals surface area (Å²) in [7, 11) is 0. The number of rotatable bonds is 5. The molecule has 0 spiro atoms. The van der Waals surface area contributed by atoms with Gasteiger partial charge in [-0.1, -0.05) is 0 Å². The molecule has 1 amide bonds. The molecule has 5 nitrogen and oxygen atoms in total. The van der Waals surface area contributed by atoms with Gasteiger partial charge in [0, 0.05) is 12.7 Å². The number of amides is 1. The van der Waals surface area contributed by atoms with E-state index in [9.17, 15) is 4.79 Å². The van der Waals surface area contributed by atoms with Crippen LogP contribution >= 0.6 is 0 Å². The predicted molar refractivity (Wildman–Crippen MR) is 73.0 cm³/mol. The largest absolute Gasteiger partial charge is 0.467 e. The highest BCUT2D eigenvalue weighted by Crippen LogP contribution is 2.17. The molecule has 0 aliphatic heterocycles. The third-order valence-electron chi connectivity index (χ3n) is 2.75. The Kier molecular flexibility index (Phi) is 4.18. The highest BCUT2D eigenvalue weighted by atomic mass is 16.3. The van der Waals surface area contributed by atoms with Crippen LogP contribution in [-0.2, 0) is 0 Å². The van der Waals surface area contributed by atoms with Crippen molar-refractivity contribution in [2.24, 2.45) is 0 Å². The van der Waals surface area contributed by atoms with Crippen molar-refractivity contribution in [2.45, 2.75) is 19.9 Å². The number of pyridine rings is 1. The van der Waals surface area contributed by atoms with E-state index in [1.54, 1.807) is 30.8 Å². The number of hydrogen-bond donors (Lipinski definition) is 2. The SMILES string of the molecule is CCNc1cnccc1C(=O)NC(C)c1ccco1. The van der Waals surface area contributed by atoms with Crippen LogP contribution in [-0.4, -0.2) is 17.4 Å². The summed E-state index contributed by atoms with van der Waals surface area (Å²) in [5.41, 5.74) is 1.31. The Bertz CT molecular complexity index is 537. The van der Waals surface area contributed by atoms with Gasteiger partial charge in [0.1, 0.15) is 5.76 Å². The van der Waals surface area contributed by atoms with Crippen LogP contribution in [0.3, 0.4) is 0 Å². The summed E-state index contributed by atoms with van der Waals surface area (Å²) >= 11 is 0. The van der Waals surface area contributed by atoms with Gasteiger partial charge < -0.3 is 15.1 Å². The van der Waals surface area contributed by atoms with E-state index in [-0.39, 0.29) is 11.9 Å². The fraction of sp³-hybridized carbons (Fsp3) is 0.286. The van der Waals surface area contributed by atoms with Crippen molar-refractivity contribution in [3.8, 4) is 0 Å². The maximum atomic E-state index is 12.2. The first kappa shape index (κ1) is 13.1. The van der Waals surface area contributed by atoms with Crippen LogP contribution < -0.4 is 10.6 Å². The fourth-order valence-corrected chi connectivity index (χ4v) is 1.81. The molecule has 2 aromatic rings. The molecule has 2 rings (SSSR count). The molecule has 5 heteroatoms. The van der Waals surface area contributed by atoms with Crippen molar-refractivity contribution < 1.29 is 9.21 Å². The van der Waals surface area contributed by atoms with Crippen LogP contribution in [0.5, 0.6) is 0 Å². The first-order valence-corrected chi connectivity index (χ1v) is 6.24. The van der Waals surface area contributed by atoms with Gasteiger partial charge in [-0.2, -0.15) is 0 Å². The summed E-state index contributed by atoms with van der Waals surface area (Å²) in [6.07, 6.45) is 4.85. The maximum absolute atomic E-state index is 12.2. The van der Waals surface area contributed by atoms with Crippen molar-refractivity contribution in [3.63, 3.8) is 0 Å². The quantitative estimate of drug-likeness (QED) is 0.866. The lowest BCUT2D eigenvalue weighted by molar-refractivity contribution is 0.0936. The summed E-state index contributed by atoms with van der Waals surface area (Å²) in [6, 6.07) is 5.16. The molecule has 0 bridgehead atoms. The Balaban J connectivity index is 2.11. The molecule has 2 heterocycles. The molecular weight excluding hydrogens is 242 g/mol. The van der Waals surface area contributed by atoms with Gasteiger partial charge in [-0.25, -0.2) is 0 Å². The zero-order valence-electron chi connectivity index (χ0n) is 11.0. The molecule has 0 aromatic carbocycles. The van der Waals surface area contributed by atoms with Crippen molar-refractivity contribution in [1.29, 1.82) is 0 Å². The van der Waals surface area contributed by atoms with E-state index in [2.05, 4.69) is 15.6 Å². The minimum atomic E-state index is -0.176. The average Bonchev–Trinajstić information content (AvgIpc) is 2.93. The van der Waals surface area contributed by atoms with Crippen LogP contribution in [0.25, 0.3) is 0 Å². The van der Waals surface area contributed by atoms with E-state index in [4.69, 9.17) is 4.42 Å². The normalized spacial score (nSPS) is 11.9. The number of anilines is 1. The molecule has 0 aliphatic rings. The zero-order valence-corrected chi connectivity index (χ0v) is 11.0. The molecule has 0 aliphatic carbocycles. The van der Waals surface area contributed by atoms with Crippen molar-refractivity contribution >= 4 is 11.6 Å². The third-order valence-corrected chi connectivity index (χ3v) is 2.75. The Hall–Kier alpha value is -2.30. The number of nitrogens with one attached hydrogen (secondary N) is 2. The molecule has 0 fully saturated rings. The summed E-state index contributed by atoms with van der Waals surface area (Å²) < 4.78 is 5.27. The van der Waals surface area contributed by atoms with Crippen molar-refractivity contribution in [3.05, 3.63) is 48.2 Å². The molecule has 0 saturated carbocycles. The maximum Gasteiger partial charge on any atom is 0.254 e. The predicted octanol–water partition coefficient (Wildman–Crippen LogP) is 2.60. The van der Waals surface area contributed by atoms with Crippen molar-refractivity contribution in [2.75, 3.05) is 11.9 Å². The summed E-state index contributed by atoms with van der Waals surface area (Å²) in [5.74, 6) is 0.578. The van der Waals surface area contributed by atoms with Gasteiger partial charge in [0.25, 0.3) is 5.91 Å². The molecule has 2 N–H and O–H groups in total. The molecular formula is C14H17N3O2. The Morgan fingerprint density at radius 3 is 3.00 bits per heavy atom. The minimum absolute atomic E-state index is 0.151. The molecule has 0 radical (unpaired) electrons. The first-order chi connectivity index (χ1) is 9.22. The first-order valence-electron chi connectivity index (χ1n) is 6.24. The average molecular weight is 259 g/mol. The van der Waals surface area contributed by atoms with E-state index < -0.39 is 0 Å². The van der Waals surface area contributed by atoms with E-state index in [0.29, 0.717) is 5.56 Å². The lowest BCUT2D eigenvalue weighted by Crippen LogP contribution is -2.27. The van der Waals surface area contributed by atoms with E-state index in [1.807, 2.05) is 19.9 Å². The highest BCUT2D eigenvalue weighted by molar-refractivity contribution is 5.99. The zero-order chi connectivity index (χ0) is 13.7. The Morgan fingerprint density at radius 1 is 1.47 bits per heavy atom. The minimum Gasteiger partial charge on any atom is -0.467 e. The van der Waals surface area contributed by atoms with Gasteiger partial charge in [-0.3, -0.25) is 9.78 Å². The number of furan rings is 1. The number of nitrogens with zero attached hydrogens (tertiary/aromatic N) is 1. The van der Waals surface area contributed by atoms with E-state index in [1.165, 1.54) is 0 Å². The highest BCUT2D eigenvalue weighted by Gasteiger charge is 2.15. The molecule has 0 saturated heterocycles. The van der Waals surface area contributed by atoms with Crippen molar-refractivity contribution in [1.82, 2.24) is 10.3 Å². The van der Waals surface area contributed by atoms with Crippen LogP contribution in [0.1, 0.15) is 36.0 Å². The van der Waals surface area contributed by atoms with E-state index >= 15 is 0 Å². The van der Waals surface area contributed by atoms with Gasteiger partial charge in [0.05, 0.1) is 29.8 Å². The lowest BCUT2D eigenvalue weighted by Gasteiger charge is -2.14. The summed E-state index contributed by atoms with van der Waals surface area (Å²) in [6.45, 7) is 4.59. The number of aromatic nitrogens is 1. The fourth-order valence-electron chi connectivity index (χ4n) is 1.81. The van der Waals surface area contributed by atoms with E-state index in [0.717, 1.165) is 18.0 Å². The molecule has 1 atom stereocenters. The van der Waals surface area contributed by atoms with Gasteiger partial charge in [0.2, 0.25) is 0 Å². The van der Waals surface area contributed by atoms with Gasteiger partial charge in [0.15, 0.2) is 0 Å². The van der Waals surface area contributed by atoms with Crippen LogP contribution in [0.15, 0.2) is 41.3 Å². The van der Waals surface area contributed by atoms with Crippen LogP contribution in [0, 0.1) is 0 Å². The second kappa shape index (κ2) is 6.04. The van der Waals surface area contributed by atoms with Crippen LogP contribution in [0.4, 0.5) is 5.69 Å². The number of carbonyl (C=O) groups excluding carboxylic acids is 1. The van der Waals surface area contributed by atoms with Gasteiger partial charge >= 0.3 is 0 Å². The molecule has 1 unspecified atom stereocenters. The van der Waals surface area contributed by atoms with Crippen LogP contribution in [0.2, 0.25) is 0 Å². The second-order valence-corrected chi connectivity index (χ2v) is 4.16. The molecule has 100 valence electrons. The third kappa shape index (κ3) is 3.13. The molecule has 19 heavy (non-hydrogen) atoms. The second-order valence-electron chi connectivity index (χ2n) is 4.16. The number of carbonyl (C=O) groups is 1. The monoisotopic (exact) mass is 259 g/mol. The Morgan fingerprint density at radius 2 is 2.32 bits per heavy atom. The lowest BCUT2D eigenvalue weighted by atomic mass is 10.2.